The molecular formula is C41H37N2OOsPS+. The van der Waals surface area contributed by atoms with Crippen LogP contribution in [0.5, 0.6) is 0 Å². The first kappa shape index (κ1) is 33.1. The van der Waals surface area contributed by atoms with Gasteiger partial charge in [0.15, 0.2) is 0 Å². The zero-order chi connectivity index (χ0) is 32.8. The molecule has 47 heavy (non-hydrogen) atoms. The first-order valence-electron chi connectivity index (χ1n) is 15.7. The molecule has 0 aliphatic carbocycles. The van der Waals surface area contributed by atoms with Crippen molar-refractivity contribution < 1.29 is 22.7 Å². The predicted molar refractivity (Wildman–Crippen MR) is 199 cm³/mol. The van der Waals surface area contributed by atoms with Crippen LogP contribution in [0.25, 0.3) is 23.2 Å². The second-order valence-corrected chi connectivity index (χ2v) is 15.9. The van der Waals surface area contributed by atoms with E-state index >= 15 is 0 Å². The van der Waals surface area contributed by atoms with Crippen molar-refractivity contribution in [3.63, 3.8) is 0 Å². The SMILES string of the molecule is CC=C1COCC1=CC(/C=C/c1c(C)c(C)c(/C=C/C)c2nsnc12)=C([C]#[Os])[P+](c1ccccc1)(c1ccccc1)c1ccccc1. The zero-order valence-corrected chi connectivity index (χ0v) is 31.3. The molecule has 0 amide bonds. The van der Waals surface area contributed by atoms with E-state index in [-0.39, 0.29) is 0 Å². The Morgan fingerprint density at radius 3 is 1.70 bits per heavy atom. The molecule has 1 aromatic heterocycles. The fourth-order valence-electron chi connectivity index (χ4n) is 6.38. The molecule has 235 valence electrons. The Bertz CT molecular complexity index is 2010. The number of benzene rings is 4. The fraction of sp³-hybridized carbons (Fsp3) is 0.146. The summed E-state index contributed by atoms with van der Waals surface area (Å²) in [6.45, 7) is 9.73. The van der Waals surface area contributed by atoms with E-state index in [1.165, 1.54) is 55.2 Å². The van der Waals surface area contributed by atoms with Crippen molar-refractivity contribution in [3.05, 3.63) is 160 Å². The predicted octanol–water partition coefficient (Wildman–Crippen LogP) is 9.01. The van der Waals surface area contributed by atoms with E-state index in [9.17, 15) is 0 Å². The molecule has 0 N–H and O–H groups in total. The second kappa shape index (κ2) is 15.0. The topological polar surface area (TPSA) is 35.0 Å². The van der Waals surface area contributed by atoms with Crippen molar-refractivity contribution in [1.29, 1.82) is 0 Å². The first-order valence-corrected chi connectivity index (χ1v) is 19.5. The van der Waals surface area contributed by atoms with Crippen molar-refractivity contribution >= 4 is 58.1 Å². The van der Waals surface area contributed by atoms with Gasteiger partial charge in [-0.15, -0.1) is 0 Å². The number of allylic oxidation sites excluding steroid dienone is 6. The summed E-state index contributed by atoms with van der Waals surface area (Å²) in [5.41, 5.74) is 10.1. The molecule has 0 saturated carbocycles. The van der Waals surface area contributed by atoms with Crippen molar-refractivity contribution in [2.45, 2.75) is 27.7 Å². The van der Waals surface area contributed by atoms with Crippen LogP contribution in [0.15, 0.2) is 137 Å². The van der Waals surface area contributed by atoms with Crippen LogP contribution in [0.2, 0.25) is 0 Å². The van der Waals surface area contributed by atoms with E-state index in [1.807, 2.05) is 6.92 Å². The van der Waals surface area contributed by atoms with Crippen LogP contribution < -0.4 is 15.9 Å². The van der Waals surface area contributed by atoms with Gasteiger partial charge in [0.25, 0.3) is 0 Å². The third kappa shape index (κ3) is 6.28. The van der Waals surface area contributed by atoms with Crippen LogP contribution in [-0.4, -0.2) is 22.0 Å². The number of aromatic nitrogens is 2. The minimum absolute atomic E-state index is 0.584. The van der Waals surface area contributed by atoms with Gasteiger partial charge in [-0.2, -0.15) is 0 Å². The van der Waals surface area contributed by atoms with E-state index < -0.39 is 7.26 Å². The molecule has 2 heterocycles. The Balaban J connectivity index is 1.73. The summed E-state index contributed by atoms with van der Waals surface area (Å²) in [6.07, 6.45) is 13.3. The maximum atomic E-state index is 5.98. The summed E-state index contributed by atoms with van der Waals surface area (Å²) < 4.78 is 19.3. The van der Waals surface area contributed by atoms with Crippen LogP contribution >= 0.6 is 19.0 Å². The number of ether oxygens (including phenoxy) is 1. The van der Waals surface area contributed by atoms with Crippen molar-refractivity contribution in [1.82, 2.24) is 8.75 Å². The fourth-order valence-corrected chi connectivity index (χ4v) is 12.8. The van der Waals surface area contributed by atoms with Gasteiger partial charge in [0, 0.05) is 0 Å². The van der Waals surface area contributed by atoms with Gasteiger partial charge < -0.3 is 0 Å². The molecule has 1 aliphatic heterocycles. The average Bonchev–Trinajstić information content (AvgIpc) is 3.79. The van der Waals surface area contributed by atoms with E-state index in [0.717, 1.165) is 27.7 Å². The molecule has 0 radical (unpaired) electrons. The standard InChI is InChI=1S/C41H37N2OPS.Os/c1-6-17-38-29(3)30(4)39(41-40(38)42-46-43-41)25-24-33(26-34-28-44-27-32(34)7-2)31(5)45(35-18-11-8-12-19-35,36-20-13-9-14-21-36)37-22-15-10-16-23-37;/h6-26H,27-28H2,1-4H3;/q+1;/b17-6+,25-24+,32-7?,33-31?,34-26?;. The minimum atomic E-state index is -2.42. The number of hydrogen-bond acceptors (Lipinski definition) is 4. The third-order valence-electron chi connectivity index (χ3n) is 8.86. The Morgan fingerprint density at radius 1 is 0.745 bits per heavy atom. The number of fused-ring (bicyclic) bond motifs is 1. The van der Waals surface area contributed by atoms with Gasteiger partial charge >= 0.3 is 294 Å². The van der Waals surface area contributed by atoms with Gasteiger partial charge in [-0.25, -0.2) is 0 Å². The van der Waals surface area contributed by atoms with Gasteiger partial charge in [-0.3, -0.25) is 0 Å². The Morgan fingerprint density at radius 2 is 1.23 bits per heavy atom. The molecule has 0 atom stereocenters. The molecule has 1 saturated heterocycles. The number of nitrogens with zero attached hydrogens (tertiary/aromatic N) is 2. The zero-order valence-electron chi connectivity index (χ0n) is 27.1. The van der Waals surface area contributed by atoms with Crippen molar-refractivity contribution in [2.75, 3.05) is 13.2 Å². The Kier molecular flexibility index (Phi) is 10.5. The molecule has 1 aliphatic rings. The monoisotopic (exact) mass is 828 g/mol. The number of hydrogen-bond donors (Lipinski definition) is 0. The van der Waals surface area contributed by atoms with Gasteiger partial charge in [-0.05, 0) is 0 Å². The summed E-state index contributed by atoms with van der Waals surface area (Å²) in [5, 5.41) is 5.06. The Labute approximate surface area is 292 Å². The summed E-state index contributed by atoms with van der Waals surface area (Å²) in [5.74, 6) is 0. The van der Waals surface area contributed by atoms with Crippen LogP contribution in [0.1, 0.15) is 36.1 Å². The molecule has 0 spiro atoms. The molecule has 6 heteroatoms. The van der Waals surface area contributed by atoms with Crippen molar-refractivity contribution in [3.8, 4) is 4.37 Å². The third-order valence-corrected chi connectivity index (χ3v) is 14.8. The Hall–Kier alpha value is -3.79. The molecule has 3 nitrogen and oxygen atoms in total. The molecule has 6 rings (SSSR count). The molecule has 1 fully saturated rings. The first-order chi connectivity index (χ1) is 23.0. The van der Waals surface area contributed by atoms with E-state index in [4.69, 9.17) is 13.5 Å². The maximum absolute atomic E-state index is 5.98. The van der Waals surface area contributed by atoms with E-state index in [2.05, 4.69) is 153 Å². The normalized spacial score (nSPS) is 16.1. The quantitative estimate of drug-likeness (QED) is 0.116. The second-order valence-electron chi connectivity index (χ2n) is 11.4. The van der Waals surface area contributed by atoms with E-state index in [0.29, 0.717) is 13.2 Å². The van der Waals surface area contributed by atoms with Crippen LogP contribution in [0.4, 0.5) is 0 Å². The van der Waals surface area contributed by atoms with Gasteiger partial charge in [0.05, 0.1) is 0 Å². The molecule has 0 bridgehead atoms. The van der Waals surface area contributed by atoms with Crippen molar-refractivity contribution in [2.24, 2.45) is 0 Å². The molecule has 5 aromatic rings. The number of rotatable bonds is 8. The summed E-state index contributed by atoms with van der Waals surface area (Å²) in [7, 11) is -2.42. The van der Waals surface area contributed by atoms with Crippen LogP contribution in [0, 0.1) is 18.2 Å². The van der Waals surface area contributed by atoms with Gasteiger partial charge in [0.2, 0.25) is 0 Å². The van der Waals surface area contributed by atoms with Gasteiger partial charge in [-0.1, -0.05) is 0 Å². The summed E-state index contributed by atoms with van der Waals surface area (Å²) in [6, 6.07) is 33.0. The van der Waals surface area contributed by atoms with Gasteiger partial charge in [0.1, 0.15) is 0 Å². The molecule has 4 aromatic carbocycles. The van der Waals surface area contributed by atoms with Crippen LogP contribution in [-0.2, 0) is 22.7 Å². The average molecular weight is 827 g/mol. The van der Waals surface area contributed by atoms with E-state index in [1.54, 1.807) is 17.9 Å². The molecular weight excluding hydrogens is 790 g/mol. The molecule has 0 unspecified atom stereocenters. The summed E-state index contributed by atoms with van der Waals surface area (Å²) >= 11 is 3.08. The summed E-state index contributed by atoms with van der Waals surface area (Å²) in [4.78, 5) is 0. The van der Waals surface area contributed by atoms with Crippen LogP contribution in [0.3, 0.4) is 0 Å².